The number of H-pyrrole nitrogens is 1. The summed E-state index contributed by atoms with van der Waals surface area (Å²) in [5.41, 5.74) is 6.60. The first-order valence-corrected chi connectivity index (χ1v) is 6.26. The van der Waals surface area contributed by atoms with Gasteiger partial charge in [0.15, 0.2) is 0 Å². The minimum atomic E-state index is -0.442. The van der Waals surface area contributed by atoms with Crippen molar-refractivity contribution in [1.82, 2.24) is 9.97 Å². The second-order valence-electron chi connectivity index (χ2n) is 4.45. The van der Waals surface area contributed by atoms with E-state index in [9.17, 15) is 9.59 Å². The van der Waals surface area contributed by atoms with E-state index in [1.807, 2.05) is 30.3 Å². The molecule has 0 saturated heterocycles. The van der Waals surface area contributed by atoms with E-state index in [1.54, 1.807) is 6.92 Å². The number of nitrogens with zero attached hydrogens (tertiary/aromatic N) is 1. The first-order chi connectivity index (χ1) is 9.56. The lowest BCUT2D eigenvalue weighted by molar-refractivity contribution is -0.116. The van der Waals surface area contributed by atoms with Crippen LogP contribution in [0.3, 0.4) is 0 Å². The number of aromatic amines is 1. The maximum Gasteiger partial charge on any atom is 0.276 e. The zero-order valence-electron chi connectivity index (χ0n) is 11.1. The van der Waals surface area contributed by atoms with Crippen molar-refractivity contribution < 1.29 is 4.79 Å². The number of rotatable bonds is 4. The summed E-state index contributed by atoms with van der Waals surface area (Å²) in [4.78, 5) is 29.8. The van der Waals surface area contributed by atoms with E-state index in [1.165, 1.54) is 0 Å². The summed E-state index contributed by atoms with van der Waals surface area (Å²) < 4.78 is 0. The van der Waals surface area contributed by atoms with Gasteiger partial charge in [0.05, 0.1) is 5.69 Å². The van der Waals surface area contributed by atoms with Gasteiger partial charge in [-0.3, -0.25) is 14.6 Å². The molecule has 20 heavy (non-hydrogen) atoms. The number of aryl methyl sites for hydroxylation is 2. The highest BCUT2D eigenvalue weighted by atomic mass is 16.2. The highest BCUT2D eigenvalue weighted by Gasteiger charge is 2.10. The van der Waals surface area contributed by atoms with Gasteiger partial charge in [-0.15, -0.1) is 0 Å². The van der Waals surface area contributed by atoms with E-state index >= 15 is 0 Å². The number of hydrogen-bond acceptors (Lipinski definition) is 4. The number of carbonyl (C=O) groups excluding carboxylic acids is 1. The van der Waals surface area contributed by atoms with Crippen LogP contribution < -0.4 is 16.6 Å². The molecule has 0 saturated carbocycles. The van der Waals surface area contributed by atoms with Gasteiger partial charge in [-0.25, -0.2) is 4.98 Å². The third-order valence-electron chi connectivity index (χ3n) is 2.87. The van der Waals surface area contributed by atoms with Crippen molar-refractivity contribution in [3.63, 3.8) is 0 Å². The van der Waals surface area contributed by atoms with Crippen LogP contribution in [0.2, 0.25) is 0 Å². The van der Waals surface area contributed by atoms with Crippen LogP contribution in [0.15, 0.2) is 35.1 Å². The SMILES string of the molecule is Cc1nc(N)[nH]c(=O)c1NC(=O)CCc1ccccc1. The number of amides is 1. The number of nitrogen functional groups attached to an aromatic ring is 1. The maximum absolute atomic E-state index is 11.9. The molecule has 0 spiro atoms. The van der Waals surface area contributed by atoms with Crippen molar-refractivity contribution in [2.24, 2.45) is 0 Å². The quantitative estimate of drug-likeness (QED) is 0.779. The van der Waals surface area contributed by atoms with Crippen molar-refractivity contribution in [1.29, 1.82) is 0 Å². The molecule has 0 atom stereocenters. The van der Waals surface area contributed by atoms with Crippen LogP contribution in [0, 0.1) is 6.92 Å². The minimum absolute atomic E-state index is 0.0368. The average Bonchev–Trinajstić information content (AvgIpc) is 2.42. The van der Waals surface area contributed by atoms with Crippen LogP contribution >= 0.6 is 0 Å². The molecule has 1 aromatic carbocycles. The van der Waals surface area contributed by atoms with E-state index in [0.717, 1.165) is 5.56 Å². The Labute approximate surface area is 116 Å². The lowest BCUT2D eigenvalue weighted by atomic mass is 10.1. The van der Waals surface area contributed by atoms with Gasteiger partial charge in [-0.05, 0) is 18.9 Å². The van der Waals surface area contributed by atoms with Gasteiger partial charge in [0.2, 0.25) is 11.9 Å². The third kappa shape index (κ3) is 3.44. The highest BCUT2D eigenvalue weighted by Crippen LogP contribution is 2.08. The monoisotopic (exact) mass is 272 g/mol. The van der Waals surface area contributed by atoms with Gasteiger partial charge in [0, 0.05) is 6.42 Å². The molecule has 1 amide bonds. The molecule has 2 rings (SSSR count). The molecule has 1 heterocycles. The predicted molar refractivity (Wildman–Crippen MR) is 77.4 cm³/mol. The van der Waals surface area contributed by atoms with E-state index in [-0.39, 0.29) is 17.5 Å². The van der Waals surface area contributed by atoms with Crippen LogP contribution in [0.5, 0.6) is 0 Å². The molecule has 0 fully saturated rings. The summed E-state index contributed by atoms with van der Waals surface area (Å²) in [7, 11) is 0. The molecule has 0 aliphatic rings. The fraction of sp³-hybridized carbons (Fsp3) is 0.214. The van der Waals surface area contributed by atoms with Gasteiger partial charge >= 0.3 is 0 Å². The van der Waals surface area contributed by atoms with E-state index in [0.29, 0.717) is 18.5 Å². The van der Waals surface area contributed by atoms with Gasteiger partial charge in [0.25, 0.3) is 5.56 Å². The first-order valence-electron chi connectivity index (χ1n) is 6.26. The number of anilines is 2. The molecule has 1 aromatic heterocycles. The Kier molecular flexibility index (Phi) is 4.14. The molecule has 2 aromatic rings. The summed E-state index contributed by atoms with van der Waals surface area (Å²) in [6.07, 6.45) is 0.916. The molecule has 0 aliphatic heterocycles. The Hall–Kier alpha value is -2.63. The number of hydrogen-bond donors (Lipinski definition) is 3. The summed E-state index contributed by atoms with van der Waals surface area (Å²) in [5.74, 6) is -0.191. The van der Waals surface area contributed by atoms with Crippen molar-refractivity contribution in [2.75, 3.05) is 11.1 Å². The number of aromatic nitrogens is 2. The van der Waals surface area contributed by atoms with Crippen LogP contribution in [0.4, 0.5) is 11.6 Å². The zero-order chi connectivity index (χ0) is 14.5. The minimum Gasteiger partial charge on any atom is -0.369 e. The molecule has 6 heteroatoms. The van der Waals surface area contributed by atoms with Gasteiger partial charge in [-0.1, -0.05) is 30.3 Å². The summed E-state index contributed by atoms with van der Waals surface area (Å²) in [5, 5.41) is 2.58. The molecule has 0 unspecified atom stereocenters. The largest absolute Gasteiger partial charge is 0.369 e. The molecule has 6 nitrogen and oxygen atoms in total. The second-order valence-corrected chi connectivity index (χ2v) is 4.45. The Morgan fingerprint density at radius 2 is 2.05 bits per heavy atom. The maximum atomic E-state index is 11.9. The van der Waals surface area contributed by atoms with Crippen LogP contribution in [-0.2, 0) is 11.2 Å². The molecular formula is C14H16N4O2. The molecule has 0 bridgehead atoms. The Morgan fingerprint density at radius 1 is 1.35 bits per heavy atom. The lowest BCUT2D eigenvalue weighted by Gasteiger charge is -2.07. The number of nitrogens with two attached hydrogens (primary N) is 1. The summed E-state index contributed by atoms with van der Waals surface area (Å²) in [6, 6.07) is 9.68. The lowest BCUT2D eigenvalue weighted by Crippen LogP contribution is -2.23. The fourth-order valence-electron chi connectivity index (χ4n) is 1.86. The normalized spacial score (nSPS) is 10.2. The predicted octanol–water partition coefficient (Wildman–Crippen LogP) is 1.23. The van der Waals surface area contributed by atoms with Crippen LogP contribution in [0.1, 0.15) is 17.7 Å². The highest BCUT2D eigenvalue weighted by molar-refractivity contribution is 5.91. The van der Waals surface area contributed by atoms with Crippen LogP contribution in [0.25, 0.3) is 0 Å². The number of benzene rings is 1. The second kappa shape index (κ2) is 6.01. The van der Waals surface area contributed by atoms with Gasteiger partial charge < -0.3 is 11.1 Å². The molecule has 0 radical (unpaired) electrons. The summed E-state index contributed by atoms with van der Waals surface area (Å²) >= 11 is 0. The number of nitrogens with one attached hydrogen (secondary N) is 2. The number of carbonyl (C=O) groups is 1. The van der Waals surface area contributed by atoms with Crippen molar-refractivity contribution in [3.05, 3.63) is 51.9 Å². The van der Waals surface area contributed by atoms with Crippen molar-refractivity contribution in [3.8, 4) is 0 Å². The molecule has 104 valence electrons. The average molecular weight is 272 g/mol. The molecule has 0 aliphatic carbocycles. The van der Waals surface area contributed by atoms with Crippen molar-refractivity contribution >= 4 is 17.5 Å². The Bertz CT molecular complexity index is 665. The Morgan fingerprint density at radius 3 is 2.70 bits per heavy atom. The van der Waals surface area contributed by atoms with Gasteiger partial charge in [0.1, 0.15) is 5.69 Å². The van der Waals surface area contributed by atoms with Crippen LogP contribution in [-0.4, -0.2) is 15.9 Å². The van der Waals surface area contributed by atoms with E-state index < -0.39 is 5.56 Å². The molecule has 4 N–H and O–H groups in total. The topological polar surface area (TPSA) is 101 Å². The summed E-state index contributed by atoms with van der Waals surface area (Å²) in [6.45, 7) is 1.62. The molecular weight excluding hydrogens is 256 g/mol. The van der Waals surface area contributed by atoms with Gasteiger partial charge in [-0.2, -0.15) is 0 Å². The van der Waals surface area contributed by atoms with E-state index in [2.05, 4.69) is 15.3 Å². The van der Waals surface area contributed by atoms with Crippen molar-refractivity contribution in [2.45, 2.75) is 19.8 Å². The first kappa shape index (κ1) is 13.8. The third-order valence-corrected chi connectivity index (χ3v) is 2.87. The zero-order valence-corrected chi connectivity index (χ0v) is 11.1. The smallest absolute Gasteiger partial charge is 0.276 e. The van der Waals surface area contributed by atoms with E-state index in [4.69, 9.17) is 5.73 Å². The Balaban J connectivity index is 2.00. The standard InChI is InChI=1S/C14H16N4O2/c1-9-12(13(20)18-14(15)16-9)17-11(19)8-7-10-5-3-2-4-6-10/h2-6H,7-8H2,1H3,(H,17,19)(H3,15,16,18,20). The fourth-order valence-corrected chi connectivity index (χ4v) is 1.86.